The van der Waals surface area contributed by atoms with Crippen molar-refractivity contribution in [3.63, 3.8) is 0 Å². The zero-order chi connectivity index (χ0) is 28.2. The van der Waals surface area contributed by atoms with Crippen molar-refractivity contribution < 1.29 is 9.53 Å². The van der Waals surface area contributed by atoms with Gasteiger partial charge in [0.15, 0.2) is 0 Å². The highest BCUT2D eigenvalue weighted by atomic mass is 16.5. The molecule has 1 atom stereocenters. The Kier molecular flexibility index (Phi) is 7.36. The predicted molar refractivity (Wildman–Crippen MR) is 154 cm³/mol. The maximum absolute atomic E-state index is 14.3. The van der Waals surface area contributed by atoms with Crippen LogP contribution < -0.4 is 26.7 Å². The van der Waals surface area contributed by atoms with E-state index < -0.39 is 6.04 Å². The van der Waals surface area contributed by atoms with Crippen molar-refractivity contribution in [2.75, 3.05) is 24.7 Å². The molecule has 0 aliphatic heterocycles. The SMILES string of the molecule is CCNC(=O)c1cnc(N)nc1NC(C)c1nc2cccc(-c3ccnc(OC)c3)c2c(=O)n1-c1ccccc1. The minimum atomic E-state index is -0.565. The molecule has 0 aliphatic rings. The minimum absolute atomic E-state index is 0.00656. The number of amides is 1. The molecule has 5 aromatic rings. The maximum atomic E-state index is 14.3. The third kappa shape index (κ3) is 5.04. The Bertz CT molecular complexity index is 1750. The number of ether oxygens (including phenoxy) is 1. The summed E-state index contributed by atoms with van der Waals surface area (Å²) in [5, 5.41) is 6.43. The van der Waals surface area contributed by atoms with Crippen LogP contribution in [-0.2, 0) is 0 Å². The topological polar surface area (TPSA) is 150 Å². The number of carbonyl (C=O) groups excluding carboxylic acids is 1. The van der Waals surface area contributed by atoms with Gasteiger partial charge in [0.25, 0.3) is 11.5 Å². The van der Waals surface area contributed by atoms with Crippen molar-refractivity contribution in [1.29, 1.82) is 0 Å². The zero-order valence-corrected chi connectivity index (χ0v) is 22.3. The predicted octanol–water partition coefficient (Wildman–Crippen LogP) is 3.75. The van der Waals surface area contributed by atoms with Gasteiger partial charge in [0.2, 0.25) is 11.8 Å². The molecule has 0 radical (unpaired) electrons. The summed E-state index contributed by atoms with van der Waals surface area (Å²) in [7, 11) is 1.54. The molecule has 1 amide bonds. The quantitative estimate of drug-likeness (QED) is 0.269. The Labute approximate surface area is 230 Å². The molecule has 40 heavy (non-hydrogen) atoms. The molecule has 0 aliphatic carbocycles. The summed E-state index contributed by atoms with van der Waals surface area (Å²) in [6.45, 7) is 4.09. The van der Waals surface area contributed by atoms with Gasteiger partial charge in [-0.1, -0.05) is 30.3 Å². The van der Waals surface area contributed by atoms with Gasteiger partial charge in [0.1, 0.15) is 17.2 Å². The van der Waals surface area contributed by atoms with Crippen LogP contribution in [0.15, 0.2) is 77.9 Å². The number of fused-ring (bicyclic) bond motifs is 1. The van der Waals surface area contributed by atoms with E-state index in [1.165, 1.54) is 6.20 Å². The summed E-state index contributed by atoms with van der Waals surface area (Å²) in [4.78, 5) is 44.4. The van der Waals surface area contributed by atoms with Crippen LogP contribution >= 0.6 is 0 Å². The second-order valence-electron chi connectivity index (χ2n) is 8.95. The molecule has 3 aromatic heterocycles. The molecule has 11 nitrogen and oxygen atoms in total. The van der Waals surface area contributed by atoms with Crippen LogP contribution in [0.3, 0.4) is 0 Å². The number of nitrogen functional groups attached to an aromatic ring is 1. The minimum Gasteiger partial charge on any atom is -0.481 e. The monoisotopic (exact) mass is 536 g/mol. The summed E-state index contributed by atoms with van der Waals surface area (Å²) in [5.74, 6) is 0.755. The average Bonchev–Trinajstić information content (AvgIpc) is 2.97. The number of hydrogen-bond donors (Lipinski definition) is 3. The van der Waals surface area contributed by atoms with Gasteiger partial charge >= 0.3 is 0 Å². The van der Waals surface area contributed by atoms with Crippen molar-refractivity contribution in [2.24, 2.45) is 0 Å². The van der Waals surface area contributed by atoms with Gasteiger partial charge in [-0.2, -0.15) is 4.98 Å². The molecule has 0 saturated heterocycles. The Morgan fingerprint density at radius 1 is 1.07 bits per heavy atom. The Morgan fingerprint density at radius 2 is 1.88 bits per heavy atom. The molecule has 3 heterocycles. The normalized spacial score (nSPS) is 11.7. The first-order chi connectivity index (χ1) is 19.4. The van der Waals surface area contributed by atoms with Crippen LogP contribution in [0.4, 0.5) is 11.8 Å². The molecule has 202 valence electrons. The highest BCUT2D eigenvalue weighted by Crippen LogP contribution is 2.29. The van der Waals surface area contributed by atoms with E-state index in [2.05, 4.69) is 25.6 Å². The number of nitrogens with zero attached hydrogens (tertiary/aromatic N) is 5. The first kappa shape index (κ1) is 26.3. The first-order valence-electron chi connectivity index (χ1n) is 12.7. The molecule has 1 unspecified atom stereocenters. The number of rotatable bonds is 8. The van der Waals surface area contributed by atoms with Crippen molar-refractivity contribution in [1.82, 2.24) is 29.8 Å². The molecule has 0 saturated carbocycles. The highest BCUT2D eigenvalue weighted by molar-refractivity contribution is 5.98. The fourth-order valence-electron chi connectivity index (χ4n) is 4.49. The number of anilines is 2. The van der Waals surface area contributed by atoms with Crippen molar-refractivity contribution in [3.8, 4) is 22.7 Å². The van der Waals surface area contributed by atoms with Gasteiger partial charge in [-0.25, -0.2) is 15.0 Å². The van der Waals surface area contributed by atoms with E-state index in [-0.39, 0.29) is 28.8 Å². The number of para-hydroxylation sites is 1. The molecule has 0 bridgehead atoms. The lowest BCUT2D eigenvalue weighted by Gasteiger charge is -2.21. The van der Waals surface area contributed by atoms with Crippen molar-refractivity contribution in [3.05, 3.63) is 94.8 Å². The van der Waals surface area contributed by atoms with E-state index in [1.807, 2.05) is 62.4 Å². The van der Waals surface area contributed by atoms with Crippen LogP contribution in [0.1, 0.15) is 36.1 Å². The summed E-state index contributed by atoms with van der Waals surface area (Å²) < 4.78 is 6.87. The molecule has 0 spiro atoms. The Hall–Kier alpha value is -5.32. The molecule has 4 N–H and O–H groups in total. The van der Waals surface area contributed by atoms with Gasteiger partial charge in [0, 0.05) is 25.0 Å². The third-order valence-electron chi connectivity index (χ3n) is 6.32. The number of nitrogens with two attached hydrogens (primary N) is 1. The van der Waals surface area contributed by atoms with Gasteiger partial charge < -0.3 is 21.1 Å². The van der Waals surface area contributed by atoms with Crippen LogP contribution in [0.5, 0.6) is 5.88 Å². The molecule has 11 heteroatoms. The molecular formula is C29H28N8O3. The Balaban J connectivity index is 1.70. The Morgan fingerprint density at radius 3 is 2.62 bits per heavy atom. The second-order valence-corrected chi connectivity index (χ2v) is 8.95. The first-order valence-corrected chi connectivity index (χ1v) is 12.7. The number of carbonyl (C=O) groups is 1. The lowest BCUT2D eigenvalue weighted by atomic mass is 10.0. The van der Waals surface area contributed by atoms with E-state index >= 15 is 0 Å². The fourth-order valence-corrected chi connectivity index (χ4v) is 4.49. The van der Waals surface area contributed by atoms with Gasteiger partial charge in [0.05, 0.1) is 29.7 Å². The summed E-state index contributed by atoms with van der Waals surface area (Å²) >= 11 is 0. The summed E-state index contributed by atoms with van der Waals surface area (Å²) in [6.07, 6.45) is 3.01. The molecular weight excluding hydrogens is 508 g/mol. The fraction of sp³-hybridized carbons (Fsp3) is 0.172. The molecule has 2 aromatic carbocycles. The average molecular weight is 537 g/mol. The number of pyridine rings is 1. The molecule has 5 rings (SSSR count). The largest absolute Gasteiger partial charge is 0.481 e. The van der Waals surface area contributed by atoms with E-state index in [1.54, 1.807) is 30.0 Å². The number of benzene rings is 2. The van der Waals surface area contributed by atoms with Crippen molar-refractivity contribution >= 4 is 28.6 Å². The van der Waals surface area contributed by atoms with Crippen LogP contribution in [0.2, 0.25) is 0 Å². The zero-order valence-electron chi connectivity index (χ0n) is 22.3. The van der Waals surface area contributed by atoms with E-state index in [0.29, 0.717) is 40.4 Å². The third-order valence-corrected chi connectivity index (χ3v) is 6.32. The van der Waals surface area contributed by atoms with Crippen LogP contribution in [0.25, 0.3) is 27.7 Å². The summed E-state index contributed by atoms with van der Waals surface area (Å²) in [6, 6.07) is 17.8. The van der Waals surface area contributed by atoms with Gasteiger partial charge in [-0.05, 0) is 49.2 Å². The summed E-state index contributed by atoms with van der Waals surface area (Å²) in [5.41, 5.74) is 8.46. The highest BCUT2D eigenvalue weighted by Gasteiger charge is 2.23. The number of nitrogens with one attached hydrogen (secondary N) is 2. The molecule has 0 fully saturated rings. The van der Waals surface area contributed by atoms with E-state index in [0.717, 1.165) is 5.56 Å². The van der Waals surface area contributed by atoms with Crippen LogP contribution in [0, 0.1) is 0 Å². The van der Waals surface area contributed by atoms with Gasteiger partial charge in [-0.15, -0.1) is 0 Å². The number of aromatic nitrogens is 5. The smallest absolute Gasteiger partial charge is 0.266 e. The van der Waals surface area contributed by atoms with Gasteiger partial charge in [-0.3, -0.25) is 14.2 Å². The second kappa shape index (κ2) is 11.2. The lowest BCUT2D eigenvalue weighted by molar-refractivity contribution is 0.0956. The van der Waals surface area contributed by atoms with E-state index in [4.69, 9.17) is 15.5 Å². The number of methoxy groups -OCH3 is 1. The lowest BCUT2D eigenvalue weighted by Crippen LogP contribution is -2.29. The van der Waals surface area contributed by atoms with Crippen LogP contribution in [-0.4, -0.2) is 44.1 Å². The standard InChI is InChI=1S/C29H28N8O3/c1-4-31-27(38)21-16-33-29(30)36-25(21)34-17(2)26-35-22-12-8-11-20(18-13-14-32-23(15-18)40-3)24(22)28(39)37(26)19-9-6-5-7-10-19/h5-17H,4H2,1-3H3,(H,31,38)(H3,30,33,34,36). The van der Waals surface area contributed by atoms with Crippen molar-refractivity contribution in [2.45, 2.75) is 19.9 Å². The van der Waals surface area contributed by atoms with E-state index in [9.17, 15) is 9.59 Å². The number of hydrogen-bond acceptors (Lipinski definition) is 9. The maximum Gasteiger partial charge on any atom is 0.266 e.